The average molecular weight is 198 g/mol. The van der Waals surface area contributed by atoms with Gasteiger partial charge in [0.1, 0.15) is 0 Å². The Morgan fingerprint density at radius 1 is 1.21 bits per heavy atom. The lowest BCUT2D eigenvalue weighted by molar-refractivity contribution is 0.155. The molecule has 2 heteroatoms. The maximum absolute atomic E-state index is 5.47. The zero-order valence-corrected chi connectivity index (χ0v) is 9.81. The normalized spacial score (nSPS) is 19.9. The summed E-state index contributed by atoms with van der Waals surface area (Å²) in [7, 11) is 0. The molecule has 1 aliphatic carbocycles. The Kier molecular flexibility index (Phi) is 4.90. The van der Waals surface area contributed by atoms with Gasteiger partial charge >= 0.3 is 0 Å². The van der Waals surface area contributed by atoms with Crippen LogP contribution >= 0.6 is 0 Å². The van der Waals surface area contributed by atoms with Crippen LogP contribution in [0.5, 0.6) is 0 Å². The summed E-state index contributed by atoms with van der Waals surface area (Å²) in [5, 5.41) is 3.45. The quantitative estimate of drug-likeness (QED) is 0.664. The highest BCUT2D eigenvalue weighted by Gasteiger charge is 2.29. The second-order valence-electron chi connectivity index (χ2n) is 5.29. The van der Waals surface area contributed by atoms with Gasteiger partial charge in [0, 0.05) is 19.6 Å². The van der Waals surface area contributed by atoms with Crippen molar-refractivity contribution in [2.45, 2.75) is 46.0 Å². The highest BCUT2D eigenvalue weighted by molar-refractivity contribution is 4.82. The summed E-state index contributed by atoms with van der Waals surface area (Å²) < 4.78 is 0. The molecule has 0 amide bonds. The molecule has 84 valence electrons. The number of hydrogen-bond donors (Lipinski definition) is 2. The van der Waals surface area contributed by atoms with E-state index in [9.17, 15) is 0 Å². The lowest BCUT2D eigenvalue weighted by Crippen LogP contribution is -2.38. The number of rotatable bonds is 5. The minimum absolute atomic E-state index is 0.454. The van der Waals surface area contributed by atoms with Crippen LogP contribution in [-0.2, 0) is 0 Å². The van der Waals surface area contributed by atoms with E-state index in [0.29, 0.717) is 5.41 Å². The lowest BCUT2D eigenvalue weighted by Gasteiger charge is -2.37. The van der Waals surface area contributed by atoms with Gasteiger partial charge in [0.05, 0.1) is 0 Å². The van der Waals surface area contributed by atoms with Crippen LogP contribution in [-0.4, -0.2) is 19.6 Å². The molecule has 0 aromatic heterocycles. The minimum atomic E-state index is 0.454. The van der Waals surface area contributed by atoms with Gasteiger partial charge in [-0.2, -0.15) is 0 Å². The highest BCUT2D eigenvalue weighted by Crippen LogP contribution is 2.37. The van der Waals surface area contributed by atoms with Crippen LogP contribution in [0.2, 0.25) is 0 Å². The summed E-state index contributed by atoms with van der Waals surface area (Å²) in [6.45, 7) is 7.62. The Labute approximate surface area is 88.6 Å². The Morgan fingerprint density at radius 2 is 1.86 bits per heavy atom. The van der Waals surface area contributed by atoms with Crippen LogP contribution in [0.1, 0.15) is 46.0 Å². The molecule has 0 heterocycles. The van der Waals surface area contributed by atoms with Crippen molar-refractivity contribution in [1.82, 2.24) is 5.32 Å². The molecule has 0 radical (unpaired) electrons. The standard InChI is InChI=1S/C12H26N2/c1-12(2,10-14-9-8-13)11-6-4-3-5-7-11/h11,14H,3-10,13H2,1-2H3. The zero-order chi connectivity index (χ0) is 10.4. The first kappa shape index (κ1) is 12.0. The van der Waals surface area contributed by atoms with Crippen molar-refractivity contribution in [3.05, 3.63) is 0 Å². The molecular formula is C12H26N2. The predicted octanol–water partition coefficient (Wildman–Crippen LogP) is 2.14. The zero-order valence-electron chi connectivity index (χ0n) is 9.81. The molecule has 0 saturated heterocycles. The molecule has 0 atom stereocenters. The van der Waals surface area contributed by atoms with E-state index in [0.717, 1.165) is 25.6 Å². The average Bonchev–Trinajstić information content (AvgIpc) is 2.19. The first-order valence-electron chi connectivity index (χ1n) is 6.07. The molecule has 2 nitrogen and oxygen atoms in total. The van der Waals surface area contributed by atoms with Gasteiger partial charge in [0.25, 0.3) is 0 Å². The van der Waals surface area contributed by atoms with Crippen molar-refractivity contribution >= 4 is 0 Å². The third-order valence-electron chi connectivity index (χ3n) is 3.61. The van der Waals surface area contributed by atoms with E-state index in [-0.39, 0.29) is 0 Å². The molecular weight excluding hydrogens is 172 g/mol. The van der Waals surface area contributed by atoms with Crippen LogP contribution < -0.4 is 11.1 Å². The van der Waals surface area contributed by atoms with Crippen molar-refractivity contribution in [3.8, 4) is 0 Å². The van der Waals surface area contributed by atoms with Gasteiger partial charge in [-0.05, 0) is 24.2 Å². The van der Waals surface area contributed by atoms with E-state index in [2.05, 4.69) is 19.2 Å². The van der Waals surface area contributed by atoms with Crippen LogP contribution in [0, 0.1) is 11.3 Å². The van der Waals surface area contributed by atoms with Gasteiger partial charge in [-0.1, -0.05) is 33.1 Å². The summed E-state index contributed by atoms with van der Waals surface area (Å²) in [5.74, 6) is 0.918. The van der Waals surface area contributed by atoms with E-state index in [4.69, 9.17) is 5.73 Å². The molecule has 0 spiro atoms. The molecule has 0 aromatic carbocycles. The van der Waals surface area contributed by atoms with Crippen molar-refractivity contribution in [1.29, 1.82) is 0 Å². The van der Waals surface area contributed by atoms with Crippen LogP contribution in [0.3, 0.4) is 0 Å². The van der Waals surface area contributed by atoms with Gasteiger partial charge in [-0.15, -0.1) is 0 Å². The monoisotopic (exact) mass is 198 g/mol. The van der Waals surface area contributed by atoms with Crippen molar-refractivity contribution in [3.63, 3.8) is 0 Å². The smallest absolute Gasteiger partial charge is 0.00747 e. The highest BCUT2D eigenvalue weighted by atomic mass is 14.9. The first-order chi connectivity index (χ1) is 6.67. The summed E-state index contributed by atoms with van der Waals surface area (Å²) >= 11 is 0. The fourth-order valence-corrected chi connectivity index (χ4v) is 2.54. The molecule has 0 aromatic rings. The van der Waals surface area contributed by atoms with Crippen LogP contribution in [0.15, 0.2) is 0 Å². The molecule has 1 rings (SSSR count). The minimum Gasteiger partial charge on any atom is -0.329 e. The molecule has 0 bridgehead atoms. The van der Waals surface area contributed by atoms with E-state index in [1.54, 1.807) is 0 Å². The van der Waals surface area contributed by atoms with E-state index in [1.807, 2.05) is 0 Å². The SMILES string of the molecule is CC(C)(CNCCN)C1CCCCC1. The third kappa shape index (κ3) is 3.58. The predicted molar refractivity (Wildman–Crippen MR) is 62.3 cm³/mol. The Balaban J connectivity index is 2.29. The van der Waals surface area contributed by atoms with Gasteiger partial charge in [0.15, 0.2) is 0 Å². The van der Waals surface area contributed by atoms with Crippen molar-refractivity contribution in [2.24, 2.45) is 17.1 Å². The summed E-state index contributed by atoms with van der Waals surface area (Å²) in [4.78, 5) is 0. The Bertz CT molecular complexity index is 148. The second kappa shape index (κ2) is 5.72. The molecule has 1 fully saturated rings. The van der Waals surface area contributed by atoms with Gasteiger partial charge < -0.3 is 11.1 Å². The molecule has 1 saturated carbocycles. The summed E-state index contributed by atoms with van der Waals surface area (Å²) in [6.07, 6.45) is 7.17. The number of nitrogens with one attached hydrogen (secondary N) is 1. The van der Waals surface area contributed by atoms with Gasteiger partial charge in [-0.3, -0.25) is 0 Å². The fourth-order valence-electron chi connectivity index (χ4n) is 2.54. The first-order valence-corrected chi connectivity index (χ1v) is 6.07. The molecule has 0 aliphatic heterocycles. The maximum Gasteiger partial charge on any atom is 0.00747 e. The summed E-state index contributed by atoms with van der Waals surface area (Å²) in [5.41, 5.74) is 5.93. The maximum atomic E-state index is 5.47. The largest absolute Gasteiger partial charge is 0.329 e. The van der Waals surface area contributed by atoms with Crippen LogP contribution in [0.4, 0.5) is 0 Å². The van der Waals surface area contributed by atoms with E-state index in [1.165, 1.54) is 32.1 Å². The molecule has 1 aliphatic rings. The fraction of sp³-hybridized carbons (Fsp3) is 1.00. The van der Waals surface area contributed by atoms with E-state index < -0.39 is 0 Å². The lowest BCUT2D eigenvalue weighted by atomic mass is 9.71. The van der Waals surface area contributed by atoms with E-state index >= 15 is 0 Å². The van der Waals surface area contributed by atoms with Gasteiger partial charge in [0.2, 0.25) is 0 Å². The van der Waals surface area contributed by atoms with Gasteiger partial charge in [-0.25, -0.2) is 0 Å². The third-order valence-corrected chi connectivity index (χ3v) is 3.61. The summed E-state index contributed by atoms with van der Waals surface area (Å²) in [6, 6.07) is 0. The van der Waals surface area contributed by atoms with Crippen molar-refractivity contribution in [2.75, 3.05) is 19.6 Å². The van der Waals surface area contributed by atoms with Crippen LogP contribution in [0.25, 0.3) is 0 Å². The second-order valence-corrected chi connectivity index (χ2v) is 5.29. The molecule has 14 heavy (non-hydrogen) atoms. The number of hydrogen-bond acceptors (Lipinski definition) is 2. The molecule has 3 N–H and O–H groups in total. The topological polar surface area (TPSA) is 38.0 Å². The van der Waals surface area contributed by atoms with Crippen molar-refractivity contribution < 1.29 is 0 Å². The Morgan fingerprint density at radius 3 is 2.43 bits per heavy atom. The Hall–Kier alpha value is -0.0800. The number of nitrogens with two attached hydrogens (primary N) is 1. The molecule has 0 unspecified atom stereocenters.